The maximum Gasteiger partial charge on any atom is 0.130 e. The number of fused-ring (bicyclic) bond motifs is 2. The summed E-state index contributed by atoms with van der Waals surface area (Å²) in [6, 6.07) is 0. The summed E-state index contributed by atoms with van der Waals surface area (Å²) in [6.45, 7) is 14.0. The summed E-state index contributed by atoms with van der Waals surface area (Å²) in [4.78, 5) is 12.7. The fraction of sp³-hybridized carbons (Fsp3) is 0.786. The Morgan fingerprint density at radius 1 is 1.00 bits per heavy atom. The maximum atomic E-state index is 10.4. The van der Waals surface area contributed by atoms with Gasteiger partial charge in [-0.05, 0) is 82.6 Å². The van der Waals surface area contributed by atoms with Crippen molar-refractivity contribution < 1.29 is 14.9 Å². The van der Waals surface area contributed by atoms with Crippen molar-refractivity contribution in [2.75, 3.05) is 0 Å². The van der Waals surface area contributed by atoms with Crippen LogP contribution in [0.2, 0.25) is 0 Å². The fourth-order valence-corrected chi connectivity index (χ4v) is 8.60. The van der Waals surface area contributed by atoms with Gasteiger partial charge in [-0.1, -0.05) is 50.1 Å². The molecule has 3 unspecified atom stereocenters. The summed E-state index contributed by atoms with van der Waals surface area (Å²) >= 11 is 0. The third-order valence-corrected chi connectivity index (χ3v) is 10.8. The minimum Gasteiger partial charge on any atom is -0.393 e. The topological polar surface area (TPSA) is 38.7 Å². The highest BCUT2D eigenvalue weighted by Gasteiger charge is 2.74. The molecule has 0 radical (unpaired) electrons. The second-order valence-electron chi connectivity index (χ2n) is 12.3. The van der Waals surface area contributed by atoms with Gasteiger partial charge < -0.3 is 5.11 Å². The highest BCUT2D eigenvalue weighted by Crippen LogP contribution is 2.72. The molecule has 4 aliphatic carbocycles. The highest BCUT2D eigenvalue weighted by molar-refractivity contribution is 5.33. The van der Waals surface area contributed by atoms with Gasteiger partial charge in [0.1, 0.15) is 11.2 Å². The summed E-state index contributed by atoms with van der Waals surface area (Å²) < 4.78 is 0. The van der Waals surface area contributed by atoms with E-state index in [1.807, 2.05) is 0 Å². The van der Waals surface area contributed by atoms with Crippen LogP contribution in [0.3, 0.4) is 0 Å². The number of rotatable bonds is 3. The highest BCUT2D eigenvalue weighted by atomic mass is 17.2. The summed E-state index contributed by atoms with van der Waals surface area (Å²) in [6.07, 6.45) is 16.8. The van der Waals surface area contributed by atoms with Crippen LogP contribution >= 0.6 is 0 Å². The molecule has 2 spiro atoms. The quantitative estimate of drug-likeness (QED) is 0.316. The molecule has 1 saturated heterocycles. The van der Waals surface area contributed by atoms with Crippen LogP contribution < -0.4 is 0 Å². The zero-order chi connectivity index (χ0) is 22.2. The van der Waals surface area contributed by atoms with Crippen LogP contribution in [0.25, 0.3) is 0 Å². The van der Waals surface area contributed by atoms with Gasteiger partial charge in [-0.2, -0.15) is 0 Å². The average molecular weight is 427 g/mol. The molecular weight excluding hydrogens is 384 g/mol. The van der Waals surface area contributed by atoms with Gasteiger partial charge in [0.15, 0.2) is 0 Å². The Morgan fingerprint density at radius 2 is 1.77 bits per heavy atom. The Hall–Kier alpha value is -0.900. The monoisotopic (exact) mass is 426 g/mol. The van der Waals surface area contributed by atoms with Gasteiger partial charge >= 0.3 is 0 Å². The van der Waals surface area contributed by atoms with Crippen LogP contribution in [0.4, 0.5) is 0 Å². The molecule has 31 heavy (non-hydrogen) atoms. The molecule has 6 aliphatic rings. The van der Waals surface area contributed by atoms with E-state index in [2.05, 4.69) is 65.8 Å². The van der Waals surface area contributed by atoms with Gasteiger partial charge in [-0.25, -0.2) is 9.78 Å². The van der Waals surface area contributed by atoms with E-state index in [1.165, 1.54) is 36.8 Å². The number of hydrogen-bond donors (Lipinski definition) is 1. The lowest BCUT2D eigenvalue weighted by molar-refractivity contribution is -0.497. The van der Waals surface area contributed by atoms with E-state index < -0.39 is 5.60 Å². The summed E-state index contributed by atoms with van der Waals surface area (Å²) in [5.74, 6) is 2.23. The average Bonchev–Trinajstić information content (AvgIpc) is 3.09. The van der Waals surface area contributed by atoms with Crippen molar-refractivity contribution >= 4 is 0 Å². The summed E-state index contributed by atoms with van der Waals surface area (Å²) in [7, 11) is 0. The maximum absolute atomic E-state index is 10.4. The lowest BCUT2D eigenvalue weighted by Gasteiger charge is -2.69. The van der Waals surface area contributed by atoms with Crippen molar-refractivity contribution in [3.8, 4) is 0 Å². The van der Waals surface area contributed by atoms with Crippen molar-refractivity contribution in [2.45, 2.75) is 104 Å². The molecule has 9 atom stereocenters. The normalized spacial score (nSPS) is 51.3. The zero-order valence-electron chi connectivity index (χ0n) is 20.4. The standard InChI is InChI=1S/C28H42O3/c1-18(2)19(3)7-8-20(4)22-9-10-23-25(22,5)13-12-24-26(6)14-11-21(29)17-27(26)15-16-28(23,24)31-30-27/h7-8,15-16,20-24,29H,9-14,17H2,1-6H3/b8-7+/t20?,21-,22?,23+,24?,25+,26+,27+,28-/m0/s1. The third kappa shape index (κ3) is 2.82. The molecule has 0 aromatic carbocycles. The van der Waals surface area contributed by atoms with Gasteiger partial charge in [0, 0.05) is 23.7 Å². The lowest BCUT2D eigenvalue weighted by atomic mass is 9.43. The van der Waals surface area contributed by atoms with Crippen LogP contribution in [0.5, 0.6) is 0 Å². The van der Waals surface area contributed by atoms with Crippen LogP contribution in [-0.2, 0) is 9.78 Å². The van der Waals surface area contributed by atoms with Crippen molar-refractivity contribution in [1.29, 1.82) is 0 Å². The van der Waals surface area contributed by atoms with Gasteiger partial charge in [0.2, 0.25) is 0 Å². The van der Waals surface area contributed by atoms with Crippen molar-refractivity contribution in [3.05, 3.63) is 35.5 Å². The minimum atomic E-state index is -0.444. The number of allylic oxidation sites excluding steroid dienone is 4. The van der Waals surface area contributed by atoms with Gasteiger partial charge in [0.25, 0.3) is 0 Å². The van der Waals surface area contributed by atoms with E-state index in [1.54, 1.807) is 0 Å². The van der Waals surface area contributed by atoms with Gasteiger partial charge in [-0.3, -0.25) is 0 Å². The number of aliphatic hydroxyl groups is 1. The van der Waals surface area contributed by atoms with Crippen LogP contribution in [0, 0.1) is 34.5 Å². The largest absolute Gasteiger partial charge is 0.393 e. The predicted octanol–water partition coefficient (Wildman–Crippen LogP) is 6.54. The Morgan fingerprint density at radius 3 is 2.45 bits per heavy atom. The Labute approximate surface area is 188 Å². The van der Waals surface area contributed by atoms with Crippen LogP contribution in [0.15, 0.2) is 35.5 Å². The van der Waals surface area contributed by atoms with E-state index in [0.717, 1.165) is 12.8 Å². The smallest absolute Gasteiger partial charge is 0.130 e. The molecule has 0 aromatic rings. The molecule has 4 fully saturated rings. The van der Waals surface area contributed by atoms with Crippen molar-refractivity contribution in [1.82, 2.24) is 0 Å². The van der Waals surface area contributed by atoms with Crippen LogP contribution in [-0.4, -0.2) is 22.4 Å². The van der Waals surface area contributed by atoms with Crippen molar-refractivity contribution in [2.24, 2.45) is 34.5 Å². The molecular formula is C28H42O3. The molecule has 1 N–H and O–H groups in total. The van der Waals surface area contributed by atoms with E-state index in [9.17, 15) is 5.11 Å². The summed E-state index contributed by atoms with van der Waals surface area (Å²) in [5.41, 5.74) is 2.38. The minimum absolute atomic E-state index is 0.0602. The molecule has 0 aromatic heterocycles. The number of aliphatic hydroxyl groups excluding tert-OH is 1. The first-order valence-electron chi connectivity index (χ1n) is 12.7. The molecule has 0 amide bonds. The van der Waals surface area contributed by atoms with E-state index >= 15 is 0 Å². The molecule has 172 valence electrons. The molecule has 2 aliphatic heterocycles. The molecule has 2 heterocycles. The molecule has 3 heteroatoms. The molecule has 6 rings (SSSR count). The first-order chi connectivity index (χ1) is 14.6. The summed E-state index contributed by atoms with van der Waals surface area (Å²) in [5, 5.41) is 10.4. The molecule has 3 saturated carbocycles. The van der Waals surface area contributed by atoms with Gasteiger partial charge in [0.05, 0.1) is 6.10 Å². The Kier molecular flexibility index (Phi) is 4.98. The van der Waals surface area contributed by atoms with Gasteiger partial charge in [-0.15, -0.1) is 0 Å². The Balaban J connectivity index is 1.47. The van der Waals surface area contributed by atoms with Crippen molar-refractivity contribution in [3.63, 3.8) is 0 Å². The predicted molar refractivity (Wildman–Crippen MR) is 124 cm³/mol. The molecule has 2 bridgehead atoms. The second kappa shape index (κ2) is 7.05. The van der Waals surface area contributed by atoms with E-state index in [4.69, 9.17) is 9.78 Å². The van der Waals surface area contributed by atoms with E-state index in [-0.39, 0.29) is 22.5 Å². The number of hydrogen-bond acceptors (Lipinski definition) is 3. The van der Waals surface area contributed by atoms with E-state index in [0.29, 0.717) is 30.1 Å². The third-order valence-electron chi connectivity index (χ3n) is 10.8. The first-order valence-corrected chi connectivity index (χ1v) is 12.7. The fourth-order valence-electron chi connectivity index (χ4n) is 8.60. The second-order valence-corrected chi connectivity index (χ2v) is 12.3. The molecule has 3 nitrogen and oxygen atoms in total. The Bertz CT molecular complexity index is 837. The lowest BCUT2D eigenvalue weighted by Crippen LogP contribution is -2.73. The first kappa shape index (κ1) is 21.9. The zero-order valence-corrected chi connectivity index (χ0v) is 20.4. The SMILES string of the molecule is CC(C)=C(C)/C=C/C(C)C1CC[C@@H]2[C@]1(C)CCC1[C@]23C=C[C@]2(C[C@@H](O)CC[C@]12C)OO3. The van der Waals surface area contributed by atoms with Crippen LogP contribution in [0.1, 0.15) is 86.5 Å².